The van der Waals surface area contributed by atoms with E-state index in [1.165, 1.54) is 0 Å². The fraction of sp³-hybridized carbons (Fsp3) is 0.571. The molecule has 1 atom stereocenters. The van der Waals surface area contributed by atoms with Gasteiger partial charge in [-0.3, -0.25) is 4.79 Å². The van der Waals surface area contributed by atoms with Gasteiger partial charge in [0.2, 0.25) is 5.91 Å². The predicted octanol–water partition coefficient (Wildman–Crippen LogP) is 0.0988. The molecule has 0 unspecified atom stereocenters. The number of primary amides is 1. The van der Waals surface area contributed by atoms with Gasteiger partial charge in [-0.05, 0) is 12.2 Å². The van der Waals surface area contributed by atoms with Gasteiger partial charge >= 0.3 is 0 Å². The van der Waals surface area contributed by atoms with E-state index >= 15 is 0 Å². The van der Waals surface area contributed by atoms with Crippen LogP contribution in [0.2, 0.25) is 0 Å². The molecule has 0 saturated heterocycles. The highest BCUT2D eigenvalue weighted by molar-refractivity contribution is 7.80. The minimum absolute atomic E-state index is 0.0108. The Balaban J connectivity index is 3.50. The summed E-state index contributed by atoms with van der Waals surface area (Å²) in [6.07, 6.45) is 3.37. The van der Waals surface area contributed by atoms with Gasteiger partial charge in [0.1, 0.15) is 0 Å². The molecule has 3 N–H and O–H groups in total. The van der Waals surface area contributed by atoms with Gasteiger partial charge in [-0.1, -0.05) is 12.2 Å². The first-order chi connectivity index (χ1) is 5.16. The minimum atomic E-state index is -0.743. The van der Waals surface area contributed by atoms with Gasteiger partial charge in [0, 0.05) is 0 Å². The van der Waals surface area contributed by atoms with Crippen molar-refractivity contribution in [2.45, 2.75) is 18.9 Å². The Morgan fingerprint density at radius 1 is 1.73 bits per heavy atom. The molecule has 0 rings (SSSR count). The highest BCUT2D eigenvalue weighted by Crippen LogP contribution is 1.94. The summed E-state index contributed by atoms with van der Waals surface area (Å²) in [5, 5.41) is 9.03. The van der Waals surface area contributed by atoms with Crippen molar-refractivity contribution in [3.63, 3.8) is 0 Å². The summed E-state index contributed by atoms with van der Waals surface area (Å²) in [5.74, 6) is 0.243. The van der Waals surface area contributed by atoms with Crippen LogP contribution in [-0.2, 0) is 4.79 Å². The Morgan fingerprint density at radius 2 is 2.36 bits per heavy atom. The number of amides is 1. The van der Waals surface area contributed by atoms with Crippen LogP contribution in [0.3, 0.4) is 0 Å². The van der Waals surface area contributed by atoms with Crippen LogP contribution in [0.4, 0.5) is 0 Å². The number of carbonyl (C=O) groups is 1. The van der Waals surface area contributed by atoms with E-state index in [1.54, 1.807) is 12.2 Å². The monoisotopic (exact) mass is 175 g/mol. The number of allylic oxidation sites excluding steroid dienone is 1. The lowest BCUT2D eigenvalue weighted by atomic mass is 10.2. The summed E-state index contributed by atoms with van der Waals surface area (Å²) in [5.41, 5.74) is 4.85. The van der Waals surface area contributed by atoms with Crippen molar-refractivity contribution >= 4 is 18.5 Å². The second-order valence-corrected chi connectivity index (χ2v) is 2.63. The van der Waals surface area contributed by atoms with E-state index in [0.717, 1.165) is 12.2 Å². The molecule has 64 valence electrons. The van der Waals surface area contributed by atoms with Gasteiger partial charge in [-0.25, -0.2) is 0 Å². The Kier molecular flexibility index (Phi) is 5.97. The number of carbonyl (C=O) groups excluding carboxylic acids is 1. The van der Waals surface area contributed by atoms with Crippen molar-refractivity contribution in [2.24, 2.45) is 5.73 Å². The molecule has 0 saturated carbocycles. The van der Waals surface area contributed by atoms with Crippen molar-refractivity contribution < 1.29 is 9.90 Å². The van der Waals surface area contributed by atoms with Crippen LogP contribution >= 0.6 is 12.6 Å². The third kappa shape index (κ3) is 7.42. The van der Waals surface area contributed by atoms with Crippen LogP contribution in [0.15, 0.2) is 12.2 Å². The lowest BCUT2D eigenvalue weighted by molar-refractivity contribution is -0.119. The third-order valence-electron chi connectivity index (χ3n) is 1.06. The zero-order valence-electron chi connectivity index (χ0n) is 6.23. The molecule has 0 radical (unpaired) electrons. The van der Waals surface area contributed by atoms with Gasteiger partial charge < -0.3 is 10.8 Å². The van der Waals surface area contributed by atoms with Crippen LogP contribution in [0.1, 0.15) is 12.8 Å². The Bertz CT molecular complexity index is 147. The first kappa shape index (κ1) is 10.5. The summed E-state index contributed by atoms with van der Waals surface area (Å²) in [4.78, 5) is 10.3. The number of hydrogen-bond acceptors (Lipinski definition) is 3. The van der Waals surface area contributed by atoms with E-state index in [2.05, 4.69) is 12.6 Å². The van der Waals surface area contributed by atoms with Gasteiger partial charge in [-0.2, -0.15) is 12.6 Å². The maximum atomic E-state index is 10.3. The Hall–Kier alpha value is -0.480. The van der Waals surface area contributed by atoms with Crippen LogP contribution in [0.5, 0.6) is 0 Å². The fourth-order valence-corrected chi connectivity index (χ4v) is 0.751. The highest BCUT2D eigenvalue weighted by Gasteiger charge is 2.01. The maximum absolute atomic E-state index is 10.3. The molecular formula is C7H13NO2S. The molecular weight excluding hydrogens is 162 g/mol. The van der Waals surface area contributed by atoms with Crippen molar-refractivity contribution in [3.05, 3.63) is 12.2 Å². The molecule has 0 aromatic heterocycles. The summed E-state index contributed by atoms with van der Waals surface area (Å²) in [6, 6.07) is 0. The summed E-state index contributed by atoms with van der Waals surface area (Å²) < 4.78 is 0. The first-order valence-corrected chi connectivity index (χ1v) is 4.04. The van der Waals surface area contributed by atoms with Gasteiger partial charge in [0.15, 0.2) is 0 Å². The second-order valence-electron chi connectivity index (χ2n) is 2.18. The van der Waals surface area contributed by atoms with E-state index < -0.39 is 12.0 Å². The number of nitrogens with two attached hydrogens (primary N) is 1. The molecule has 4 heteroatoms. The zero-order valence-corrected chi connectivity index (χ0v) is 7.13. The van der Waals surface area contributed by atoms with E-state index in [4.69, 9.17) is 10.8 Å². The summed E-state index contributed by atoms with van der Waals surface area (Å²) >= 11 is 3.97. The standard InChI is InChI=1S/C7H13NO2S/c8-7(10)5-6(9)3-1-2-4-11/h1,3,6,9,11H,2,4-5H2,(H2,8,10)/b3-1+/t6-/m1/s1. The van der Waals surface area contributed by atoms with Crippen LogP contribution < -0.4 is 5.73 Å². The number of rotatable bonds is 5. The molecule has 0 aliphatic heterocycles. The second kappa shape index (κ2) is 6.24. The molecule has 11 heavy (non-hydrogen) atoms. The molecule has 0 fully saturated rings. The Labute approximate surface area is 71.7 Å². The number of hydrogen-bond donors (Lipinski definition) is 3. The van der Waals surface area contributed by atoms with Crippen molar-refractivity contribution in [2.75, 3.05) is 5.75 Å². The lowest BCUT2D eigenvalue weighted by Crippen LogP contribution is -2.18. The SMILES string of the molecule is NC(=O)C[C@H](O)/C=C/CCS. The van der Waals surface area contributed by atoms with Crippen molar-refractivity contribution in [1.29, 1.82) is 0 Å². The molecule has 0 aromatic rings. The average molecular weight is 175 g/mol. The smallest absolute Gasteiger partial charge is 0.220 e. The van der Waals surface area contributed by atoms with Crippen LogP contribution in [0.25, 0.3) is 0 Å². The van der Waals surface area contributed by atoms with Gasteiger partial charge in [-0.15, -0.1) is 0 Å². The quantitative estimate of drug-likeness (QED) is 0.410. The predicted molar refractivity (Wildman–Crippen MR) is 47.4 cm³/mol. The third-order valence-corrected chi connectivity index (χ3v) is 1.32. The number of aliphatic hydroxyl groups is 1. The maximum Gasteiger partial charge on any atom is 0.220 e. The van der Waals surface area contributed by atoms with E-state index in [1.807, 2.05) is 0 Å². The highest BCUT2D eigenvalue weighted by atomic mass is 32.1. The fourth-order valence-electron chi connectivity index (χ4n) is 0.602. The number of aliphatic hydroxyl groups excluding tert-OH is 1. The topological polar surface area (TPSA) is 63.3 Å². The average Bonchev–Trinajstić information content (AvgIpc) is 1.86. The largest absolute Gasteiger partial charge is 0.389 e. The summed E-state index contributed by atoms with van der Waals surface area (Å²) in [6.45, 7) is 0. The van der Waals surface area contributed by atoms with Gasteiger partial charge in [0.05, 0.1) is 12.5 Å². The minimum Gasteiger partial charge on any atom is -0.389 e. The first-order valence-electron chi connectivity index (χ1n) is 3.40. The molecule has 0 aliphatic carbocycles. The number of thiol groups is 1. The molecule has 1 amide bonds. The van der Waals surface area contributed by atoms with E-state index in [9.17, 15) is 4.79 Å². The summed E-state index contributed by atoms with van der Waals surface area (Å²) in [7, 11) is 0. The molecule has 0 aliphatic rings. The molecule has 0 heterocycles. The van der Waals surface area contributed by atoms with Crippen LogP contribution in [-0.4, -0.2) is 22.9 Å². The van der Waals surface area contributed by atoms with E-state index in [0.29, 0.717) is 0 Å². The molecule has 0 spiro atoms. The molecule has 0 bridgehead atoms. The van der Waals surface area contributed by atoms with E-state index in [-0.39, 0.29) is 6.42 Å². The van der Waals surface area contributed by atoms with Crippen LogP contribution in [0, 0.1) is 0 Å². The van der Waals surface area contributed by atoms with Crippen molar-refractivity contribution in [3.8, 4) is 0 Å². The molecule has 3 nitrogen and oxygen atoms in total. The Morgan fingerprint density at radius 3 is 2.82 bits per heavy atom. The normalized spacial score (nSPS) is 13.6. The lowest BCUT2D eigenvalue weighted by Gasteiger charge is -1.99. The van der Waals surface area contributed by atoms with Crippen molar-refractivity contribution in [1.82, 2.24) is 0 Å². The molecule has 0 aromatic carbocycles. The zero-order chi connectivity index (χ0) is 8.69. The van der Waals surface area contributed by atoms with Gasteiger partial charge in [0.25, 0.3) is 0 Å².